The van der Waals surface area contributed by atoms with Crippen LogP contribution < -0.4 is 4.74 Å². The van der Waals surface area contributed by atoms with Crippen LogP contribution in [-0.4, -0.2) is 75.4 Å². The number of likely N-dealkylation sites (tertiary alicyclic amines) is 1. The molecule has 1 atom stereocenters. The Labute approximate surface area is 146 Å². The van der Waals surface area contributed by atoms with Gasteiger partial charge in [0.25, 0.3) is 0 Å². The molecule has 2 aliphatic rings. The highest BCUT2D eigenvalue weighted by Gasteiger charge is 2.34. The Kier molecular flexibility index (Phi) is 4.58. The van der Waals surface area contributed by atoms with Crippen molar-refractivity contribution in [2.75, 3.05) is 40.0 Å². The molecule has 0 bridgehead atoms. The van der Waals surface area contributed by atoms with Crippen molar-refractivity contribution in [2.24, 2.45) is 0 Å². The summed E-state index contributed by atoms with van der Waals surface area (Å²) in [5, 5.41) is 23.7. The normalized spacial score (nSPS) is 26.2. The SMILES string of the molecule is COc1ccc2nnc(C3CCN(CC4(O)CCCOC4)CC3)n2n1. The predicted octanol–water partition coefficient (Wildman–Crippen LogP) is 0.854. The van der Waals surface area contributed by atoms with Crippen molar-refractivity contribution in [3.05, 3.63) is 18.0 Å². The van der Waals surface area contributed by atoms with Gasteiger partial charge in [-0.15, -0.1) is 15.3 Å². The molecule has 0 radical (unpaired) electrons. The van der Waals surface area contributed by atoms with Gasteiger partial charge in [0.05, 0.1) is 13.7 Å². The fourth-order valence-electron chi connectivity index (χ4n) is 3.88. The minimum absolute atomic E-state index is 0.322. The topological polar surface area (TPSA) is 85.0 Å². The van der Waals surface area contributed by atoms with Crippen LogP contribution in [0.25, 0.3) is 5.65 Å². The number of aliphatic hydroxyl groups is 1. The van der Waals surface area contributed by atoms with E-state index < -0.39 is 5.60 Å². The van der Waals surface area contributed by atoms with Crippen LogP contribution in [0.4, 0.5) is 0 Å². The third-order valence-corrected chi connectivity index (χ3v) is 5.24. The molecule has 2 fully saturated rings. The Balaban J connectivity index is 1.42. The summed E-state index contributed by atoms with van der Waals surface area (Å²) in [6.45, 7) is 3.77. The molecule has 8 heteroatoms. The first-order chi connectivity index (χ1) is 12.2. The summed E-state index contributed by atoms with van der Waals surface area (Å²) in [7, 11) is 1.61. The van der Waals surface area contributed by atoms with Crippen molar-refractivity contribution < 1.29 is 14.6 Å². The molecule has 136 valence electrons. The summed E-state index contributed by atoms with van der Waals surface area (Å²) in [5.41, 5.74) is 0.0496. The van der Waals surface area contributed by atoms with E-state index in [0.717, 1.165) is 56.9 Å². The average molecular weight is 347 g/mol. The molecule has 0 aliphatic carbocycles. The van der Waals surface area contributed by atoms with Gasteiger partial charge in [0.2, 0.25) is 5.88 Å². The number of piperidine rings is 1. The van der Waals surface area contributed by atoms with E-state index in [1.165, 1.54) is 0 Å². The van der Waals surface area contributed by atoms with Crippen LogP contribution in [0.3, 0.4) is 0 Å². The summed E-state index contributed by atoms with van der Waals surface area (Å²) in [6.07, 6.45) is 3.73. The summed E-state index contributed by atoms with van der Waals surface area (Å²) in [5.74, 6) is 1.78. The zero-order chi connectivity index (χ0) is 17.3. The first-order valence-corrected chi connectivity index (χ1v) is 8.96. The molecular formula is C17H25N5O3. The molecule has 25 heavy (non-hydrogen) atoms. The van der Waals surface area contributed by atoms with Gasteiger partial charge in [-0.2, -0.15) is 4.52 Å². The van der Waals surface area contributed by atoms with Gasteiger partial charge in [0.15, 0.2) is 11.5 Å². The number of rotatable bonds is 4. The molecule has 0 amide bonds. The average Bonchev–Trinajstić information content (AvgIpc) is 3.05. The highest BCUT2D eigenvalue weighted by Crippen LogP contribution is 2.29. The van der Waals surface area contributed by atoms with Crippen molar-refractivity contribution in [3.63, 3.8) is 0 Å². The van der Waals surface area contributed by atoms with Gasteiger partial charge in [-0.25, -0.2) is 0 Å². The van der Waals surface area contributed by atoms with Gasteiger partial charge >= 0.3 is 0 Å². The lowest BCUT2D eigenvalue weighted by molar-refractivity contribution is -0.102. The minimum atomic E-state index is -0.693. The quantitative estimate of drug-likeness (QED) is 0.878. The minimum Gasteiger partial charge on any atom is -0.480 e. The van der Waals surface area contributed by atoms with Crippen LogP contribution in [0, 0.1) is 0 Å². The van der Waals surface area contributed by atoms with Crippen LogP contribution in [0.2, 0.25) is 0 Å². The predicted molar refractivity (Wildman–Crippen MR) is 90.8 cm³/mol. The largest absolute Gasteiger partial charge is 0.480 e. The van der Waals surface area contributed by atoms with Crippen LogP contribution in [0.1, 0.15) is 37.4 Å². The molecule has 0 saturated carbocycles. The zero-order valence-electron chi connectivity index (χ0n) is 14.6. The smallest absolute Gasteiger partial charge is 0.231 e. The standard InChI is InChI=1S/C17H25N5O3/c1-24-15-4-3-14-18-19-16(22(14)20-15)13-5-8-21(9-6-13)11-17(23)7-2-10-25-12-17/h3-4,13,23H,2,5-12H2,1H3. The lowest BCUT2D eigenvalue weighted by atomic mass is 9.92. The van der Waals surface area contributed by atoms with Crippen LogP contribution in [0.15, 0.2) is 12.1 Å². The Hall–Kier alpha value is -1.77. The molecule has 1 unspecified atom stereocenters. The monoisotopic (exact) mass is 347 g/mol. The van der Waals surface area contributed by atoms with E-state index in [-0.39, 0.29) is 0 Å². The Morgan fingerprint density at radius 2 is 2.16 bits per heavy atom. The summed E-state index contributed by atoms with van der Waals surface area (Å²) in [4.78, 5) is 2.34. The van der Waals surface area contributed by atoms with E-state index in [2.05, 4.69) is 20.2 Å². The van der Waals surface area contributed by atoms with Gasteiger partial charge < -0.3 is 19.5 Å². The fourth-order valence-corrected chi connectivity index (χ4v) is 3.88. The van der Waals surface area contributed by atoms with Gasteiger partial charge in [0, 0.05) is 25.1 Å². The van der Waals surface area contributed by atoms with E-state index in [1.54, 1.807) is 17.7 Å². The molecule has 4 rings (SSSR count). The lowest BCUT2D eigenvalue weighted by Gasteiger charge is -2.39. The molecule has 4 heterocycles. The first kappa shape index (κ1) is 16.7. The molecule has 0 aromatic carbocycles. The van der Waals surface area contributed by atoms with Gasteiger partial charge in [-0.3, -0.25) is 0 Å². The molecule has 8 nitrogen and oxygen atoms in total. The third-order valence-electron chi connectivity index (χ3n) is 5.24. The number of nitrogens with zero attached hydrogens (tertiary/aromatic N) is 5. The number of methoxy groups -OCH3 is 1. The van der Waals surface area contributed by atoms with Gasteiger partial charge in [-0.05, 0) is 44.8 Å². The van der Waals surface area contributed by atoms with Crippen molar-refractivity contribution in [2.45, 2.75) is 37.2 Å². The maximum absolute atomic E-state index is 10.7. The Morgan fingerprint density at radius 1 is 1.32 bits per heavy atom. The Bertz CT molecular complexity index is 720. The molecule has 2 saturated heterocycles. The van der Waals surface area contributed by atoms with E-state index >= 15 is 0 Å². The van der Waals surface area contributed by atoms with Crippen LogP contribution >= 0.6 is 0 Å². The van der Waals surface area contributed by atoms with E-state index in [1.807, 2.05) is 6.07 Å². The Morgan fingerprint density at radius 3 is 2.88 bits per heavy atom. The third kappa shape index (κ3) is 3.47. The molecule has 2 aromatic heterocycles. The summed E-state index contributed by atoms with van der Waals surface area (Å²) >= 11 is 0. The van der Waals surface area contributed by atoms with Gasteiger partial charge in [0.1, 0.15) is 5.60 Å². The maximum Gasteiger partial charge on any atom is 0.231 e. The van der Waals surface area contributed by atoms with E-state index in [9.17, 15) is 5.11 Å². The number of β-amino-alcohol motifs (C(OH)–C–C–N with tert-alkyl or cyclic N) is 1. The van der Waals surface area contributed by atoms with Gasteiger partial charge in [-0.1, -0.05) is 0 Å². The second-order valence-electron chi connectivity index (χ2n) is 7.13. The van der Waals surface area contributed by atoms with Crippen molar-refractivity contribution in [1.82, 2.24) is 24.7 Å². The summed E-state index contributed by atoms with van der Waals surface area (Å²) < 4.78 is 12.5. The number of aromatic nitrogens is 4. The van der Waals surface area contributed by atoms with Crippen molar-refractivity contribution in [3.8, 4) is 5.88 Å². The number of hydrogen-bond acceptors (Lipinski definition) is 7. The van der Waals surface area contributed by atoms with E-state index in [4.69, 9.17) is 9.47 Å². The van der Waals surface area contributed by atoms with Crippen molar-refractivity contribution >= 4 is 5.65 Å². The fraction of sp³-hybridized carbons (Fsp3) is 0.706. The maximum atomic E-state index is 10.7. The molecule has 2 aromatic rings. The second-order valence-corrected chi connectivity index (χ2v) is 7.13. The van der Waals surface area contributed by atoms with Crippen LogP contribution in [-0.2, 0) is 4.74 Å². The number of hydrogen-bond donors (Lipinski definition) is 1. The number of fused-ring (bicyclic) bond motifs is 1. The molecule has 0 spiro atoms. The van der Waals surface area contributed by atoms with Crippen LogP contribution in [0.5, 0.6) is 5.88 Å². The van der Waals surface area contributed by atoms with E-state index in [0.29, 0.717) is 24.9 Å². The lowest BCUT2D eigenvalue weighted by Crippen LogP contribution is -2.50. The molecular weight excluding hydrogens is 322 g/mol. The molecule has 2 aliphatic heterocycles. The second kappa shape index (κ2) is 6.86. The summed E-state index contributed by atoms with van der Waals surface area (Å²) in [6, 6.07) is 3.67. The highest BCUT2D eigenvalue weighted by molar-refractivity contribution is 5.38. The highest BCUT2D eigenvalue weighted by atomic mass is 16.5. The van der Waals surface area contributed by atoms with Crippen molar-refractivity contribution in [1.29, 1.82) is 0 Å². The first-order valence-electron chi connectivity index (χ1n) is 8.96. The zero-order valence-corrected chi connectivity index (χ0v) is 14.6. The number of ether oxygens (including phenoxy) is 2. The molecule has 1 N–H and O–H groups in total.